The summed E-state index contributed by atoms with van der Waals surface area (Å²) in [6, 6.07) is 0. The van der Waals surface area contributed by atoms with Crippen LogP contribution in [0.3, 0.4) is 0 Å². The number of nitrogens with zero attached hydrogens (tertiary/aromatic N) is 1. The number of halogens is 1. The Kier molecular flexibility index (Phi) is 3.36. The normalized spacial score (nSPS) is 30.1. The van der Waals surface area contributed by atoms with Crippen LogP contribution in [0.1, 0.15) is 39.5 Å². The Hall–Kier alpha value is -0.510. The molecule has 0 atom stereocenters. The van der Waals surface area contributed by atoms with E-state index in [-0.39, 0.29) is 12.0 Å². The van der Waals surface area contributed by atoms with Crippen LogP contribution in [-0.2, 0) is 4.94 Å². The molecule has 1 fully saturated rings. The average Bonchev–Trinajstić information content (AvgIpc) is 2.18. The lowest BCUT2D eigenvalue weighted by Crippen LogP contribution is -2.33. The Morgan fingerprint density at radius 2 is 1.85 bits per heavy atom. The first-order valence-electron chi connectivity index (χ1n) is 4.72. The molecular weight excluding hydrogens is 173 g/mol. The third-order valence-electron chi connectivity index (χ3n) is 3.03. The van der Waals surface area contributed by atoms with Gasteiger partial charge in [-0.1, -0.05) is 5.18 Å². The van der Waals surface area contributed by atoms with Crippen molar-refractivity contribution in [2.45, 2.75) is 51.2 Å². The fourth-order valence-corrected chi connectivity index (χ4v) is 1.93. The molecule has 0 aliphatic heterocycles. The van der Waals surface area contributed by atoms with Crippen LogP contribution in [0.25, 0.3) is 0 Å². The van der Waals surface area contributed by atoms with Gasteiger partial charge in [-0.3, -0.25) is 0 Å². The largest absolute Gasteiger partial charge is 0.191 e. The average molecular weight is 189 g/mol. The van der Waals surface area contributed by atoms with Crippen molar-refractivity contribution in [2.75, 3.05) is 0 Å². The molecule has 13 heavy (non-hydrogen) atoms. The van der Waals surface area contributed by atoms with Crippen molar-refractivity contribution in [3.63, 3.8) is 0 Å². The van der Waals surface area contributed by atoms with Crippen molar-refractivity contribution in [1.82, 2.24) is 0 Å². The second-order valence-electron chi connectivity index (χ2n) is 4.31. The van der Waals surface area contributed by atoms with Gasteiger partial charge >= 0.3 is 0 Å². The van der Waals surface area contributed by atoms with Crippen LogP contribution in [0, 0.1) is 10.8 Å². The summed E-state index contributed by atoms with van der Waals surface area (Å²) in [4.78, 5) is 14.3. The van der Waals surface area contributed by atoms with Crippen molar-refractivity contribution >= 4 is 0 Å². The van der Waals surface area contributed by atoms with E-state index in [0.717, 1.165) is 12.8 Å². The Balaban J connectivity index is 2.45. The topological polar surface area (TPSA) is 38.7 Å². The maximum atomic E-state index is 11.8. The molecule has 1 aliphatic rings. The van der Waals surface area contributed by atoms with E-state index in [9.17, 15) is 9.43 Å². The maximum absolute atomic E-state index is 11.8. The van der Waals surface area contributed by atoms with Crippen LogP contribution in [0.4, 0.5) is 4.53 Å². The molecule has 3 nitrogen and oxygen atoms in total. The summed E-state index contributed by atoms with van der Waals surface area (Å²) in [5, 5.41) is 3.11. The van der Waals surface area contributed by atoms with Gasteiger partial charge < -0.3 is 0 Å². The minimum atomic E-state index is -0.513. The molecule has 1 rings (SSSR count). The van der Waals surface area contributed by atoms with Gasteiger partial charge in [0.05, 0.1) is 11.6 Å². The van der Waals surface area contributed by atoms with Crippen LogP contribution in [0.2, 0.25) is 0 Å². The lowest BCUT2D eigenvalue weighted by Gasteiger charge is -2.33. The minimum absolute atomic E-state index is 0.265. The summed E-state index contributed by atoms with van der Waals surface area (Å²) < 4.78 is 11.8. The SMILES string of the molecule is CC(C)(N=O)C1CCC(OF)CC1. The van der Waals surface area contributed by atoms with E-state index in [2.05, 4.69) is 10.1 Å². The Bertz CT molecular complexity index is 176. The number of hydrogen-bond acceptors (Lipinski definition) is 3. The van der Waals surface area contributed by atoms with Crippen LogP contribution >= 0.6 is 0 Å². The monoisotopic (exact) mass is 189 g/mol. The molecule has 0 aromatic heterocycles. The van der Waals surface area contributed by atoms with E-state index >= 15 is 0 Å². The Labute approximate surface area is 77.5 Å². The zero-order valence-corrected chi connectivity index (χ0v) is 8.12. The first kappa shape index (κ1) is 10.6. The van der Waals surface area contributed by atoms with E-state index in [1.807, 2.05) is 13.8 Å². The van der Waals surface area contributed by atoms with Gasteiger partial charge in [-0.05, 0) is 50.0 Å². The molecule has 0 amide bonds. The highest BCUT2D eigenvalue weighted by molar-refractivity contribution is 4.88. The van der Waals surface area contributed by atoms with Crippen LogP contribution < -0.4 is 0 Å². The summed E-state index contributed by atoms with van der Waals surface area (Å²) in [5.74, 6) is 0.274. The van der Waals surface area contributed by atoms with Gasteiger partial charge in [0.25, 0.3) is 0 Å². The molecule has 76 valence electrons. The van der Waals surface area contributed by atoms with Gasteiger partial charge in [0.1, 0.15) is 0 Å². The molecule has 0 aromatic carbocycles. The van der Waals surface area contributed by atoms with E-state index in [1.54, 1.807) is 0 Å². The van der Waals surface area contributed by atoms with Crippen molar-refractivity contribution < 1.29 is 9.47 Å². The molecule has 0 spiro atoms. The smallest absolute Gasteiger partial charge is 0.0998 e. The van der Waals surface area contributed by atoms with E-state index in [0.29, 0.717) is 12.8 Å². The van der Waals surface area contributed by atoms with Gasteiger partial charge in [0.15, 0.2) is 0 Å². The number of hydrogen-bond donors (Lipinski definition) is 0. The summed E-state index contributed by atoms with van der Waals surface area (Å²) in [5.41, 5.74) is -0.513. The molecule has 0 heterocycles. The molecule has 0 radical (unpaired) electrons. The predicted molar refractivity (Wildman–Crippen MR) is 47.8 cm³/mol. The maximum Gasteiger partial charge on any atom is 0.0998 e. The van der Waals surface area contributed by atoms with Gasteiger partial charge in [-0.2, -0.15) is 9.85 Å². The third-order valence-corrected chi connectivity index (χ3v) is 3.03. The zero-order valence-electron chi connectivity index (χ0n) is 8.12. The predicted octanol–water partition coefficient (Wildman–Crippen LogP) is 2.99. The number of nitroso groups, excluding NO2 is 1. The van der Waals surface area contributed by atoms with Crippen molar-refractivity contribution in [1.29, 1.82) is 0 Å². The third kappa shape index (κ3) is 2.46. The molecule has 0 N–H and O–H groups in total. The highest BCUT2D eigenvalue weighted by Gasteiger charge is 2.34. The molecule has 0 bridgehead atoms. The van der Waals surface area contributed by atoms with Crippen molar-refractivity contribution in [3.8, 4) is 0 Å². The minimum Gasteiger partial charge on any atom is -0.191 e. The molecule has 0 aromatic rings. The lowest BCUT2D eigenvalue weighted by molar-refractivity contribution is -0.190. The van der Waals surface area contributed by atoms with Gasteiger partial charge in [0, 0.05) is 0 Å². The quantitative estimate of drug-likeness (QED) is 0.640. The first-order valence-corrected chi connectivity index (χ1v) is 4.72. The fourth-order valence-electron chi connectivity index (χ4n) is 1.93. The van der Waals surface area contributed by atoms with E-state index in [1.165, 1.54) is 0 Å². The second kappa shape index (κ2) is 4.13. The fraction of sp³-hybridized carbons (Fsp3) is 1.00. The summed E-state index contributed by atoms with van der Waals surface area (Å²) in [6.07, 6.45) is 2.78. The van der Waals surface area contributed by atoms with Crippen molar-refractivity contribution in [3.05, 3.63) is 4.91 Å². The lowest BCUT2D eigenvalue weighted by atomic mass is 9.76. The Morgan fingerprint density at radius 3 is 2.23 bits per heavy atom. The molecule has 1 aliphatic carbocycles. The standard InChI is InChI=1S/C9H16FNO2/c1-9(2,11-12)7-3-5-8(13-10)6-4-7/h7-8H,3-6H2,1-2H3. The summed E-state index contributed by atoms with van der Waals surface area (Å²) in [6.45, 7) is 3.67. The molecule has 0 saturated heterocycles. The van der Waals surface area contributed by atoms with Gasteiger partial charge in [-0.25, -0.2) is 0 Å². The highest BCUT2D eigenvalue weighted by atomic mass is 19.3. The van der Waals surface area contributed by atoms with E-state index in [4.69, 9.17) is 0 Å². The first-order chi connectivity index (χ1) is 6.10. The summed E-state index contributed by atoms with van der Waals surface area (Å²) in [7, 11) is 0. The van der Waals surface area contributed by atoms with Crippen LogP contribution in [0.5, 0.6) is 0 Å². The molecule has 0 unspecified atom stereocenters. The highest BCUT2D eigenvalue weighted by Crippen LogP contribution is 2.35. The van der Waals surface area contributed by atoms with Crippen LogP contribution in [-0.4, -0.2) is 11.6 Å². The van der Waals surface area contributed by atoms with Gasteiger partial charge in [0.2, 0.25) is 0 Å². The molecule has 1 saturated carbocycles. The van der Waals surface area contributed by atoms with Gasteiger partial charge in [-0.15, -0.1) is 0 Å². The molecular formula is C9H16FNO2. The van der Waals surface area contributed by atoms with E-state index < -0.39 is 5.54 Å². The summed E-state index contributed by atoms with van der Waals surface area (Å²) >= 11 is 0. The second-order valence-corrected chi connectivity index (χ2v) is 4.31. The van der Waals surface area contributed by atoms with Crippen molar-refractivity contribution in [2.24, 2.45) is 11.1 Å². The van der Waals surface area contributed by atoms with Crippen LogP contribution in [0.15, 0.2) is 5.18 Å². The Morgan fingerprint density at radius 1 is 1.31 bits per heavy atom. The molecule has 4 heteroatoms. The zero-order chi connectivity index (χ0) is 9.90. The number of rotatable bonds is 3.